The van der Waals surface area contributed by atoms with Crippen LogP contribution in [0.4, 0.5) is 0 Å². The molecule has 0 amide bonds. The number of ether oxygens (including phenoxy) is 2. The van der Waals surface area contributed by atoms with Crippen LogP contribution < -0.4 is 5.32 Å². The van der Waals surface area contributed by atoms with E-state index in [1.54, 1.807) is 0 Å². The molecule has 0 unspecified atom stereocenters. The number of cyclic esters (lactones) is 1. The van der Waals surface area contributed by atoms with Crippen molar-refractivity contribution in [2.24, 2.45) is 0 Å². The van der Waals surface area contributed by atoms with Crippen LogP contribution in [-0.2, 0) is 19.1 Å². The summed E-state index contributed by atoms with van der Waals surface area (Å²) < 4.78 is 10.1. The third-order valence-electron chi connectivity index (χ3n) is 2.13. The van der Waals surface area contributed by atoms with Crippen LogP contribution in [0.5, 0.6) is 0 Å². The van der Waals surface area contributed by atoms with Gasteiger partial charge in [0.25, 0.3) is 5.78 Å². The number of nitrogens with one attached hydrogen (secondary N) is 1. The first-order chi connectivity index (χ1) is 6.49. The van der Waals surface area contributed by atoms with Crippen molar-refractivity contribution in [3.05, 3.63) is 11.5 Å². The van der Waals surface area contributed by atoms with Gasteiger partial charge in [0.1, 0.15) is 17.8 Å². The summed E-state index contributed by atoms with van der Waals surface area (Å²) in [5.74, 6) is -1.03. The summed E-state index contributed by atoms with van der Waals surface area (Å²) in [4.78, 5) is 22.1. The van der Waals surface area contributed by atoms with E-state index in [0.29, 0.717) is 18.0 Å². The van der Waals surface area contributed by atoms with Crippen molar-refractivity contribution in [2.45, 2.75) is 19.4 Å². The second-order valence-corrected chi connectivity index (χ2v) is 3.93. The summed E-state index contributed by atoms with van der Waals surface area (Å²) >= 11 is 0. The Morgan fingerprint density at radius 3 is 2.50 bits per heavy atom. The Morgan fingerprint density at radius 2 is 2.07 bits per heavy atom. The maximum atomic E-state index is 11.3. The largest absolute Gasteiger partial charge is 0.471 e. The Morgan fingerprint density at radius 1 is 1.36 bits per heavy atom. The molecular formula is C9H11NO4. The molecule has 0 aromatic heterocycles. The first-order valence-electron chi connectivity index (χ1n) is 4.37. The maximum absolute atomic E-state index is 11.3. The van der Waals surface area contributed by atoms with Gasteiger partial charge in [-0.05, 0) is 13.8 Å². The van der Waals surface area contributed by atoms with Crippen LogP contribution >= 0.6 is 0 Å². The summed E-state index contributed by atoms with van der Waals surface area (Å²) in [6.07, 6.45) is 0. The van der Waals surface area contributed by atoms with E-state index in [2.05, 4.69) is 10.1 Å². The van der Waals surface area contributed by atoms with Crippen molar-refractivity contribution < 1.29 is 19.1 Å². The molecule has 5 heteroatoms. The van der Waals surface area contributed by atoms with Gasteiger partial charge in [0.05, 0.1) is 6.54 Å². The monoisotopic (exact) mass is 197 g/mol. The molecule has 0 bridgehead atoms. The van der Waals surface area contributed by atoms with Crippen LogP contribution in [0, 0.1) is 0 Å². The molecule has 2 aliphatic rings. The zero-order valence-corrected chi connectivity index (χ0v) is 8.05. The Kier molecular flexibility index (Phi) is 1.77. The maximum Gasteiger partial charge on any atom is 0.380 e. The summed E-state index contributed by atoms with van der Waals surface area (Å²) in [6.45, 7) is 4.43. The fraction of sp³-hybridized carbons (Fsp3) is 0.556. The van der Waals surface area contributed by atoms with E-state index in [1.165, 1.54) is 0 Å². The van der Waals surface area contributed by atoms with Gasteiger partial charge in [-0.3, -0.25) is 4.79 Å². The highest BCUT2D eigenvalue weighted by atomic mass is 16.6. The average Bonchev–Trinajstić information content (AvgIpc) is 2.59. The fourth-order valence-corrected chi connectivity index (χ4v) is 1.37. The first kappa shape index (κ1) is 9.05. The molecule has 76 valence electrons. The van der Waals surface area contributed by atoms with Crippen LogP contribution in [0.3, 0.4) is 0 Å². The number of hydrogen-bond donors (Lipinski definition) is 1. The minimum Gasteiger partial charge on any atom is -0.471 e. The highest BCUT2D eigenvalue weighted by molar-refractivity contribution is 6.42. The number of Topliss-reactive ketones (excluding diaryl/α,β-unsaturated/α-hetero) is 1. The molecule has 2 fully saturated rings. The first-order valence-corrected chi connectivity index (χ1v) is 4.37. The second-order valence-electron chi connectivity index (χ2n) is 3.93. The lowest BCUT2D eigenvalue weighted by atomic mass is 10.1. The van der Waals surface area contributed by atoms with Crippen LogP contribution in [0.2, 0.25) is 0 Å². The molecule has 0 spiro atoms. The van der Waals surface area contributed by atoms with Crippen molar-refractivity contribution >= 4 is 11.8 Å². The molecule has 2 aliphatic heterocycles. The highest BCUT2D eigenvalue weighted by Gasteiger charge is 2.37. The molecule has 0 aromatic carbocycles. The third-order valence-corrected chi connectivity index (χ3v) is 2.13. The molecule has 14 heavy (non-hydrogen) atoms. The Labute approximate surface area is 81.1 Å². The summed E-state index contributed by atoms with van der Waals surface area (Å²) in [7, 11) is 0. The van der Waals surface area contributed by atoms with E-state index in [-0.39, 0.29) is 12.2 Å². The van der Waals surface area contributed by atoms with Crippen molar-refractivity contribution in [2.75, 3.05) is 13.2 Å². The number of carbonyl (C=O) groups is 2. The van der Waals surface area contributed by atoms with E-state index in [1.807, 2.05) is 13.8 Å². The minimum absolute atomic E-state index is 0.01000. The molecule has 2 heterocycles. The SMILES string of the molecule is CC1(C)CN/C(=C2/COC(=O)C2=O)O1. The van der Waals surface area contributed by atoms with Crippen molar-refractivity contribution in [3.63, 3.8) is 0 Å². The van der Waals surface area contributed by atoms with Gasteiger partial charge in [-0.15, -0.1) is 0 Å². The molecule has 5 nitrogen and oxygen atoms in total. The molecule has 0 atom stereocenters. The molecule has 2 saturated heterocycles. The van der Waals surface area contributed by atoms with E-state index >= 15 is 0 Å². The van der Waals surface area contributed by atoms with E-state index < -0.39 is 11.8 Å². The average molecular weight is 197 g/mol. The second kappa shape index (κ2) is 2.73. The van der Waals surface area contributed by atoms with E-state index in [0.717, 1.165) is 0 Å². The fourth-order valence-electron chi connectivity index (χ4n) is 1.37. The minimum atomic E-state index is -0.803. The Bertz CT molecular complexity index is 343. The molecule has 0 saturated carbocycles. The van der Waals surface area contributed by atoms with Gasteiger partial charge in [-0.1, -0.05) is 0 Å². The lowest BCUT2D eigenvalue weighted by Gasteiger charge is -2.14. The van der Waals surface area contributed by atoms with Gasteiger partial charge in [-0.25, -0.2) is 4.79 Å². The van der Waals surface area contributed by atoms with E-state index in [4.69, 9.17) is 4.74 Å². The summed E-state index contributed by atoms with van der Waals surface area (Å²) in [6, 6.07) is 0. The predicted octanol–water partition coefficient (Wildman–Crippen LogP) is -0.278. The highest BCUT2D eigenvalue weighted by Crippen LogP contribution is 2.24. The van der Waals surface area contributed by atoms with Crippen LogP contribution in [-0.4, -0.2) is 30.5 Å². The molecule has 0 aromatic rings. The van der Waals surface area contributed by atoms with Gasteiger partial charge in [0, 0.05) is 0 Å². The number of esters is 1. The summed E-state index contributed by atoms with van der Waals surface area (Å²) in [5.41, 5.74) is -0.0468. The zero-order chi connectivity index (χ0) is 10.3. The van der Waals surface area contributed by atoms with Crippen LogP contribution in [0.1, 0.15) is 13.8 Å². The molecular weight excluding hydrogens is 186 g/mol. The van der Waals surface area contributed by atoms with Gasteiger partial charge in [0.15, 0.2) is 5.88 Å². The lowest BCUT2D eigenvalue weighted by Crippen LogP contribution is -2.23. The Hall–Kier alpha value is -1.52. The van der Waals surface area contributed by atoms with Crippen molar-refractivity contribution in [1.29, 1.82) is 0 Å². The van der Waals surface area contributed by atoms with Crippen molar-refractivity contribution in [1.82, 2.24) is 5.32 Å². The normalized spacial score (nSPS) is 29.9. The number of rotatable bonds is 0. The zero-order valence-electron chi connectivity index (χ0n) is 8.05. The van der Waals surface area contributed by atoms with Gasteiger partial charge >= 0.3 is 5.97 Å². The van der Waals surface area contributed by atoms with Gasteiger partial charge < -0.3 is 14.8 Å². The van der Waals surface area contributed by atoms with Crippen LogP contribution in [0.25, 0.3) is 0 Å². The van der Waals surface area contributed by atoms with Crippen molar-refractivity contribution in [3.8, 4) is 0 Å². The molecule has 2 rings (SSSR count). The standard InChI is InChI=1S/C9H11NO4/c1-9(2)4-10-7(14-9)5-3-13-8(12)6(5)11/h10H,3-4H2,1-2H3/b7-5+. The van der Waals surface area contributed by atoms with Gasteiger partial charge in [0.2, 0.25) is 0 Å². The number of ketones is 1. The van der Waals surface area contributed by atoms with E-state index in [9.17, 15) is 9.59 Å². The number of hydrogen-bond acceptors (Lipinski definition) is 5. The summed E-state index contributed by atoms with van der Waals surface area (Å²) in [5, 5.41) is 2.94. The smallest absolute Gasteiger partial charge is 0.380 e. The topological polar surface area (TPSA) is 64.6 Å². The number of carbonyl (C=O) groups excluding carboxylic acids is 2. The molecule has 0 radical (unpaired) electrons. The quantitative estimate of drug-likeness (QED) is 0.329. The lowest BCUT2D eigenvalue weighted by molar-refractivity contribution is -0.146. The molecule has 1 N–H and O–H groups in total. The third kappa shape index (κ3) is 1.34. The predicted molar refractivity (Wildman–Crippen MR) is 46.2 cm³/mol. The van der Waals surface area contributed by atoms with Gasteiger partial charge in [-0.2, -0.15) is 0 Å². The Balaban J connectivity index is 2.26. The molecule has 0 aliphatic carbocycles. The van der Waals surface area contributed by atoms with Crippen LogP contribution in [0.15, 0.2) is 11.5 Å².